The van der Waals surface area contributed by atoms with Gasteiger partial charge in [-0.1, -0.05) is 41.9 Å². The van der Waals surface area contributed by atoms with E-state index in [1.54, 1.807) is 40.9 Å². The molecule has 5 aromatic rings. The van der Waals surface area contributed by atoms with Crippen molar-refractivity contribution in [3.63, 3.8) is 0 Å². The van der Waals surface area contributed by atoms with E-state index in [4.69, 9.17) is 16.3 Å². The third-order valence-corrected chi connectivity index (χ3v) is 8.95. The van der Waals surface area contributed by atoms with E-state index in [1.807, 2.05) is 6.07 Å². The summed E-state index contributed by atoms with van der Waals surface area (Å²) in [5.41, 5.74) is -2.95. The molecule has 254 valence electrons. The Labute approximate surface area is 283 Å². The average molecular weight is 695 g/mol. The Morgan fingerprint density at radius 3 is 2.51 bits per heavy atom. The lowest BCUT2D eigenvalue weighted by atomic mass is 9.86. The molecule has 4 heterocycles. The van der Waals surface area contributed by atoms with Crippen LogP contribution in [0.4, 0.5) is 13.2 Å². The number of alkyl halides is 2. The Balaban J connectivity index is 1.31. The molecule has 1 aliphatic carbocycles. The molecule has 0 saturated heterocycles. The number of carbonyl (C=O) groups is 1. The van der Waals surface area contributed by atoms with Crippen molar-refractivity contribution in [3.8, 4) is 28.6 Å². The van der Waals surface area contributed by atoms with E-state index in [0.29, 0.717) is 17.3 Å². The summed E-state index contributed by atoms with van der Waals surface area (Å²) in [6.07, 6.45) is -1.90. The van der Waals surface area contributed by atoms with Gasteiger partial charge in [-0.2, -0.15) is 5.10 Å². The van der Waals surface area contributed by atoms with Crippen molar-refractivity contribution >= 4 is 23.0 Å². The summed E-state index contributed by atoms with van der Waals surface area (Å²) >= 11 is 6.45. The monoisotopic (exact) mass is 694 g/mol. The molecule has 14 heteroatoms. The molecular formula is C35H30ClF3N4O6. The number of pyridine rings is 2. The Morgan fingerprint density at radius 2 is 1.84 bits per heavy atom. The largest absolute Gasteiger partial charge is 0.586 e. The van der Waals surface area contributed by atoms with Gasteiger partial charge < -0.3 is 29.7 Å². The number of halogens is 4. The predicted octanol–water partition coefficient (Wildman–Crippen LogP) is 6.29. The standard InChI is InChI=1S/C35H30ClF3N4O6/c1-33(2,45)23-16-26(41-30(29(23)37)22-11-12-25-31(28(22)36)49-35(38,39)48-25)34(46,20-7-5-4-6-8-20)17-40-32(44)19-13-21-15-24(18-9-10-18)42-43(21)27(14-19)47-3/h4-8,11-16,18,45-46H,9-10,17H2,1-3H3,(H,40,44)/t34-/m1/s1. The van der Waals surface area contributed by atoms with Crippen LogP contribution in [0.5, 0.6) is 17.4 Å². The number of amides is 1. The first-order valence-electron chi connectivity index (χ1n) is 15.3. The van der Waals surface area contributed by atoms with Gasteiger partial charge in [-0.15, -0.1) is 8.78 Å². The second-order valence-corrected chi connectivity index (χ2v) is 13.0. The number of carbonyl (C=O) groups excluding carboxylic acids is 1. The van der Waals surface area contributed by atoms with E-state index in [0.717, 1.165) is 24.6 Å². The Kier molecular flexibility index (Phi) is 7.77. The van der Waals surface area contributed by atoms with E-state index in [1.165, 1.54) is 39.2 Å². The van der Waals surface area contributed by atoms with E-state index in [2.05, 4.69) is 24.9 Å². The molecule has 2 aromatic carbocycles. The fourth-order valence-corrected chi connectivity index (χ4v) is 6.12. The summed E-state index contributed by atoms with van der Waals surface area (Å²) in [6, 6.07) is 16.8. The minimum absolute atomic E-state index is 0.169. The number of aliphatic hydroxyl groups is 2. The predicted molar refractivity (Wildman–Crippen MR) is 172 cm³/mol. The lowest BCUT2D eigenvalue weighted by molar-refractivity contribution is -0.286. The molecule has 0 spiro atoms. The fraction of sp³-hybridized carbons (Fsp3) is 0.286. The lowest BCUT2D eigenvalue weighted by Gasteiger charge is -2.31. The van der Waals surface area contributed by atoms with Crippen LogP contribution in [-0.4, -0.2) is 50.7 Å². The summed E-state index contributed by atoms with van der Waals surface area (Å²) in [5, 5.41) is 30.4. The van der Waals surface area contributed by atoms with Crippen molar-refractivity contribution in [2.24, 2.45) is 0 Å². The maximum Gasteiger partial charge on any atom is 0.586 e. The molecule has 2 aliphatic rings. The Hall–Kier alpha value is -4.85. The average Bonchev–Trinajstić information content (AvgIpc) is 3.74. The number of rotatable bonds is 9. The number of nitrogens with zero attached hydrogens (tertiary/aromatic N) is 3. The van der Waals surface area contributed by atoms with Gasteiger partial charge in [0, 0.05) is 28.7 Å². The van der Waals surface area contributed by atoms with Crippen LogP contribution < -0.4 is 19.5 Å². The minimum Gasteiger partial charge on any atom is -0.481 e. The zero-order valence-corrected chi connectivity index (χ0v) is 27.2. The Morgan fingerprint density at radius 1 is 1.10 bits per heavy atom. The van der Waals surface area contributed by atoms with Gasteiger partial charge >= 0.3 is 6.29 Å². The normalized spacial score (nSPS) is 16.4. The number of methoxy groups -OCH3 is 1. The highest BCUT2D eigenvalue weighted by molar-refractivity contribution is 6.35. The van der Waals surface area contributed by atoms with E-state index in [9.17, 15) is 23.8 Å². The third kappa shape index (κ3) is 5.91. The number of benzene rings is 2. The minimum atomic E-state index is -3.99. The number of hydrogen-bond donors (Lipinski definition) is 3. The second-order valence-electron chi connectivity index (χ2n) is 12.6. The molecule has 49 heavy (non-hydrogen) atoms. The first-order chi connectivity index (χ1) is 23.2. The summed E-state index contributed by atoms with van der Waals surface area (Å²) in [4.78, 5) is 18.1. The maximum atomic E-state index is 16.2. The van der Waals surface area contributed by atoms with Crippen LogP contribution in [-0.2, 0) is 11.2 Å². The number of nitrogens with one attached hydrogen (secondary N) is 1. The molecule has 0 radical (unpaired) electrons. The highest BCUT2D eigenvalue weighted by atomic mass is 35.5. The molecule has 3 N–H and O–H groups in total. The number of aromatic nitrogens is 3. The Bertz CT molecular complexity index is 2120. The zero-order chi connectivity index (χ0) is 34.9. The van der Waals surface area contributed by atoms with Crippen LogP contribution in [0.1, 0.15) is 65.5 Å². The first-order valence-corrected chi connectivity index (χ1v) is 15.7. The lowest BCUT2D eigenvalue weighted by Crippen LogP contribution is -2.42. The quantitative estimate of drug-likeness (QED) is 0.164. The van der Waals surface area contributed by atoms with Gasteiger partial charge in [0.2, 0.25) is 5.88 Å². The number of hydrogen-bond acceptors (Lipinski definition) is 8. The van der Waals surface area contributed by atoms with E-state index < -0.39 is 52.2 Å². The topological polar surface area (TPSA) is 127 Å². The summed E-state index contributed by atoms with van der Waals surface area (Å²) in [5.74, 6) is -1.76. The van der Waals surface area contributed by atoms with Crippen LogP contribution in [0.25, 0.3) is 16.8 Å². The van der Waals surface area contributed by atoms with Gasteiger partial charge in [-0.05, 0) is 62.6 Å². The number of ether oxygens (including phenoxy) is 3. The summed E-state index contributed by atoms with van der Waals surface area (Å²) in [7, 11) is 1.47. The van der Waals surface area contributed by atoms with Crippen LogP contribution >= 0.6 is 11.6 Å². The fourth-order valence-electron chi connectivity index (χ4n) is 5.84. The number of fused-ring (bicyclic) bond motifs is 2. The molecule has 1 amide bonds. The van der Waals surface area contributed by atoms with E-state index >= 15 is 4.39 Å². The van der Waals surface area contributed by atoms with Crippen molar-refractivity contribution in [2.45, 2.75) is 50.1 Å². The van der Waals surface area contributed by atoms with Crippen molar-refractivity contribution in [2.75, 3.05) is 13.7 Å². The van der Waals surface area contributed by atoms with E-state index in [-0.39, 0.29) is 33.7 Å². The zero-order valence-electron chi connectivity index (χ0n) is 26.4. The smallest absolute Gasteiger partial charge is 0.481 e. The van der Waals surface area contributed by atoms with Crippen molar-refractivity contribution < 1.29 is 42.4 Å². The van der Waals surface area contributed by atoms with Crippen LogP contribution in [0.3, 0.4) is 0 Å². The maximum absolute atomic E-state index is 16.2. The third-order valence-electron chi connectivity index (χ3n) is 8.58. The molecule has 1 atom stereocenters. The molecule has 10 nitrogen and oxygen atoms in total. The molecule has 1 fully saturated rings. The van der Waals surface area contributed by atoms with Gasteiger partial charge in [0.25, 0.3) is 5.91 Å². The van der Waals surface area contributed by atoms with Crippen molar-refractivity contribution in [1.29, 1.82) is 0 Å². The molecular weight excluding hydrogens is 665 g/mol. The molecule has 3 aromatic heterocycles. The van der Waals surface area contributed by atoms with Crippen LogP contribution in [0.2, 0.25) is 5.02 Å². The van der Waals surface area contributed by atoms with Gasteiger partial charge in [0.05, 0.1) is 41.2 Å². The second kappa shape index (κ2) is 11.6. The summed E-state index contributed by atoms with van der Waals surface area (Å²) in [6.45, 7) is 2.21. The molecule has 1 aliphatic heterocycles. The summed E-state index contributed by atoms with van der Waals surface area (Å²) < 4.78 is 60.1. The van der Waals surface area contributed by atoms with Crippen molar-refractivity contribution in [1.82, 2.24) is 19.9 Å². The van der Waals surface area contributed by atoms with Gasteiger partial charge in [0.15, 0.2) is 17.3 Å². The first kappa shape index (κ1) is 32.7. The van der Waals surface area contributed by atoms with Crippen LogP contribution in [0.15, 0.2) is 66.7 Å². The highest BCUT2D eigenvalue weighted by Crippen LogP contribution is 2.50. The molecule has 1 saturated carbocycles. The van der Waals surface area contributed by atoms with Crippen LogP contribution in [0, 0.1) is 5.82 Å². The van der Waals surface area contributed by atoms with Crippen molar-refractivity contribution in [3.05, 3.63) is 106 Å². The molecule has 0 unspecified atom stereocenters. The molecule has 0 bridgehead atoms. The molecule has 7 rings (SSSR count). The SMILES string of the molecule is COc1cc(C(=O)NC[C@@](O)(c2ccccc2)c2cc(C(C)(C)O)c(F)c(-c3ccc4c(c3Cl)OC(F)(F)O4)n2)cc2cc(C3CC3)nn12. The highest BCUT2D eigenvalue weighted by Gasteiger charge is 2.45. The van der Waals surface area contributed by atoms with Gasteiger partial charge in [0.1, 0.15) is 11.3 Å². The van der Waals surface area contributed by atoms with Gasteiger partial charge in [-0.3, -0.25) is 4.79 Å². The van der Waals surface area contributed by atoms with Gasteiger partial charge in [-0.25, -0.2) is 13.9 Å².